The Morgan fingerprint density at radius 2 is 1.92 bits per heavy atom. The van der Waals surface area contributed by atoms with E-state index in [9.17, 15) is 4.79 Å². The topological polar surface area (TPSA) is 29.1 Å². The number of amides is 1. The largest absolute Gasteiger partial charge is 0.345 e. The van der Waals surface area contributed by atoms with Crippen molar-refractivity contribution in [3.8, 4) is 11.8 Å². The Morgan fingerprint density at radius 3 is 2.54 bits per heavy atom. The van der Waals surface area contributed by atoms with E-state index in [2.05, 4.69) is 24.1 Å². The zero-order chi connectivity index (χ0) is 9.94. The molecule has 0 aliphatic rings. The maximum Gasteiger partial charge on any atom is 0.295 e. The number of rotatable bonds is 6. The second-order valence-electron chi connectivity index (χ2n) is 3.05. The predicted molar refractivity (Wildman–Crippen MR) is 55.2 cm³/mol. The highest BCUT2D eigenvalue weighted by molar-refractivity contribution is 5.93. The van der Waals surface area contributed by atoms with Gasteiger partial charge in [0.05, 0.1) is 0 Å². The molecule has 0 unspecified atom stereocenters. The van der Waals surface area contributed by atoms with Gasteiger partial charge in [0.25, 0.3) is 5.91 Å². The lowest BCUT2D eigenvalue weighted by Crippen LogP contribution is -2.22. The summed E-state index contributed by atoms with van der Waals surface area (Å²) in [5, 5.41) is 2.75. The molecule has 0 saturated heterocycles. The zero-order valence-corrected chi connectivity index (χ0v) is 8.65. The second kappa shape index (κ2) is 9.12. The fourth-order valence-corrected chi connectivity index (χ4v) is 1.09. The van der Waals surface area contributed by atoms with Crippen LogP contribution in [-0.4, -0.2) is 12.5 Å². The van der Waals surface area contributed by atoms with E-state index in [1.54, 1.807) is 6.92 Å². The van der Waals surface area contributed by atoms with Crippen molar-refractivity contribution in [1.29, 1.82) is 0 Å². The van der Waals surface area contributed by atoms with Gasteiger partial charge in [0.15, 0.2) is 0 Å². The third kappa shape index (κ3) is 8.94. The number of carbonyl (C=O) groups excluding carboxylic acids is 1. The van der Waals surface area contributed by atoms with Gasteiger partial charge >= 0.3 is 0 Å². The van der Waals surface area contributed by atoms with Crippen molar-refractivity contribution in [3.05, 3.63) is 0 Å². The fourth-order valence-electron chi connectivity index (χ4n) is 1.09. The van der Waals surface area contributed by atoms with Crippen molar-refractivity contribution in [2.24, 2.45) is 0 Å². The lowest BCUT2D eigenvalue weighted by atomic mass is 10.1. The smallest absolute Gasteiger partial charge is 0.295 e. The van der Waals surface area contributed by atoms with Gasteiger partial charge in [-0.3, -0.25) is 4.79 Å². The van der Waals surface area contributed by atoms with E-state index in [1.807, 2.05) is 0 Å². The molecule has 0 aromatic heterocycles. The summed E-state index contributed by atoms with van der Waals surface area (Å²) in [6, 6.07) is 0. The first-order valence-electron chi connectivity index (χ1n) is 5.01. The minimum absolute atomic E-state index is 0.155. The van der Waals surface area contributed by atoms with Crippen LogP contribution in [0.1, 0.15) is 46.0 Å². The summed E-state index contributed by atoms with van der Waals surface area (Å²) in [6.07, 6.45) is 6.09. The molecule has 0 spiro atoms. The van der Waals surface area contributed by atoms with Crippen molar-refractivity contribution in [2.45, 2.75) is 46.0 Å². The quantitative estimate of drug-likeness (QED) is 0.493. The summed E-state index contributed by atoms with van der Waals surface area (Å²) in [5.41, 5.74) is 0. The molecule has 1 N–H and O–H groups in total. The molecular weight excluding hydrogens is 162 g/mol. The fraction of sp³-hybridized carbons (Fsp3) is 0.727. The van der Waals surface area contributed by atoms with Gasteiger partial charge in [-0.1, -0.05) is 38.5 Å². The first-order chi connectivity index (χ1) is 6.31. The van der Waals surface area contributed by atoms with Gasteiger partial charge in [-0.25, -0.2) is 0 Å². The summed E-state index contributed by atoms with van der Waals surface area (Å²) >= 11 is 0. The molecule has 13 heavy (non-hydrogen) atoms. The molecule has 2 nitrogen and oxygen atoms in total. The lowest BCUT2D eigenvalue weighted by molar-refractivity contribution is -0.115. The third-order valence-corrected chi connectivity index (χ3v) is 1.80. The molecule has 0 aliphatic carbocycles. The SMILES string of the molecule is CC#CC(=O)NCCCCCCC. The highest BCUT2D eigenvalue weighted by Gasteiger charge is 1.93. The molecule has 0 aliphatic heterocycles. The van der Waals surface area contributed by atoms with Crippen LogP contribution in [0.15, 0.2) is 0 Å². The maximum absolute atomic E-state index is 10.8. The lowest BCUT2D eigenvalue weighted by Gasteiger charge is -2.00. The Balaban J connectivity index is 3.14. The number of unbranched alkanes of at least 4 members (excludes halogenated alkanes) is 4. The maximum atomic E-state index is 10.8. The van der Waals surface area contributed by atoms with Gasteiger partial charge in [0.2, 0.25) is 0 Å². The van der Waals surface area contributed by atoms with Crippen molar-refractivity contribution in [3.63, 3.8) is 0 Å². The van der Waals surface area contributed by atoms with E-state index in [-0.39, 0.29) is 5.91 Å². The van der Waals surface area contributed by atoms with Crippen LogP contribution in [0.2, 0.25) is 0 Å². The summed E-state index contributed by atoms with van der Waals surface area (Å²) in [7, 11) is 0. The molecule has 0 rings (SSSR count). The van der Waals surface area contributed by atoms with E-state index >= 15 is 0 Å². The average Bonchev–Trinajstić information content (AvgIpc) is 2.11. The minimum atomic E-state index is -0.155. The van der Waals surface area contributed by atoms with Gasteiger partial charge < -0.3 is 5.32 Å². The van der Waals surface area contributed by atoms with E-state index in [0.717, 1.165) is 13.0 Å². The van der Waals surface area contributed by atoms with Crippen LogP contribution in [0.25, 0.3) is 0 Å². The van der Waals surface area contributed by atoms with Gasteiger partial charge in [-0.2, -0.15) is 0 Å². The average molecular weight is 181 g/mol. The highest BCUT2D eigenvalue weighted by Crippen LogP contribution is 2.00. The normalized spacial score (nSPS) is 8.77. The Labute approximate surface area is 81.1 Å². The van der Waals surface area contributed by atoms with Gasteiger partial charge in [0.1, 0.15) is 0 Å². The summed E-state index contributed by atoms with van der Waals surface area (Å²) < 4.78 is 0. The van der Waals surface area contributed by atoms with Crippen molar-refractivity contribution in [1.82, 2.24) is 5.32 Å². The molecular formula is C11H19NO. The van der Waals surface area contributed by atoms with Crippen LogP contribution in [0.3, 0.4) is 0 Å². The molecule has 74 valence electrons. The van der Waals surface area contributed by atoms with Crippen molar-refractivity contribution < 1.29 is 4.79 Å². The molecule has 0 saturated carbocycles. The van der Waals surface area contributed by atoms with Gasteiger partial charge in [-0.05, 0) is 19.3 Å². The standard InChI is InChI=1S/C11H19NO/c1-3-5-6-7-8-10-12-11(13)9-4-2/h3,5-8,10H2,1-2H3,(H,12,13). The first-order valence-corrected chi connectivity index (χ1v) is 5.01. The number of nitrogens with one attached hydrogen (secondary N) is 1. The van der Waals surface area contributed by atoms with Crippen molar-refractivity contribution >= 4 is 5.91 Å². The van der Waals surface area contributed by atoms with Crippen LogP contribution in [0.4, 0.5) is 0 Å². The molecule has 2 heteroatoms. The predicted octanol–water partition coefficient (Wildman–Crippen LogP) is 2.10. The van der Waals surface area contributed by atoms with Crippen LogP contribution < -0.4 is 5.32 Å². The van der Waals surface area contributed by atoms with E-state index in [1.165, 1.54) is 25.7 Å². The molecule has 0 atom stereocenters. The number of hydrogen-bond donors (Lipinski definition) is 1. The molecule has 0 aromatic rings. The van der Waals surface area contributed by atoms with E-state index in [4.69, 9.17) is 0 Å². The second-order valence-corrected chi connectivity index (χ2v) is 3.05. The first kappa shape index (κ1) is 12.0. The van der Waals surface area contributed by atoms with Gasteiger partial charge in [-0.15, -0.1) is 0 Å². The summed E-state index contributed by atoms with van der Waals surface area (Å²) in [6.45, 7) is 4.62. The molecule has 1 amide bonds. The van der Waals surface area contributed by atoms with E-state index in [0.29, 0.717) is 0 Å². The molecule has 0 bridgehead atoms. The Hall–Kier alpha value is -0.970. The Kier molecular flexibility index (Phi) is 8.44. The van der Waals surface area contributed by atoms with Crippen LogP contribution >= 0.6 is 0 Å². The number of carbonyl (C=O) groups is 1. The van der Waals surface area contributed by atoms with Crippen LogP contribution in [0.5, 0.6) is 0 Å². The minimum Gasteiger partial charge on any atom is -0.345 e. The number of hydrogen-bond acceptors (Lipinski definition) is 1. The molecule has 0 radical (unpaired) electrons. The molecule has 0 aromatic carbocycles. The zero-order valence-electron chi connectivity index (χ0n) is 8.65. The molecule has 0 heterocycles. The van der Waals surface area contributed by atoms with Crippen LogP contribution in [0, 0.1) is 11.8 Å². The summed E-state index contributed by atoms with van der Waals surface area (Å²) in [4.78, 5) is 10.8. The van der Waals surface area contributed by atoms with Crippen LogP contribution in [-0.2, 0) is 4.79 Å². The van der Waals surface area contributed by atoms with E-state index < -0.39 is 0 Å². The highest BCUT2D eigenvalue weighted by atomic mass is 16.1. The monoisotopic (exact) mass is 181 g/mol. The Bertz CT molecular complexity index is 188. The van der Waals surface area contributed by atoms with Crippen molar-refractivity contribution in [2.75, 3.05) is 6.54 Å². The van der Waals surface area contributed by atoms with Gasteiger partial charge in [0, 0.05) is 6.54 Å². The summed E-state index contributed by atoms with van der Waals surface area (Å²) in [5.74, 6) is 4.86. The Morgan fingerprint density at radius 1 is 1.23 bits per heavy atom. The third-order valence-electron chi connectivity index (χ3n) is 1.80. The molecule has 0 fully saturated rings.